The van der Waals surface area contributed by atoms with Gasteiger partial charge in [-0.3, -0.25) is 4.79 Å². The molecule has 2 aromatic rings. The molecule has 228 valence electrons. The molecule has 2 aromatic carbocycles. The van der Waals surface area contributed by atoms with Crippen molar-refractivity contribution >= 4 is 17.7 Å². The highest BCUT2D eigenvalue weighted by molar-refractivity contribution is 7.98. The zero-order valence-electron chi connectivity index (χ0n) is 25.8. The zero-order valence-corrected chi connectivity index (χ0v) is 26.6. The predicted octanol–water partition coefficient (Wildman–Crippen LogP) is 5.33. The summed E-state index contributed by atoms with van der Waals surface area (Å²) in [5.74, 6) is 1.23. The number of ether oxygens (including phenoxy) is 3. The standard InChI is InChI=1S/C33H50N2O5S/c1-25(2)34-18-16-33(17-19-34,28-10-8-7-9-11-28)29-22-27(12-13-30(29)36)14-20-40-21-15-31(37)35(26(3)24-41-6)23-32(38-4)39-5/h7-13,22,25-26,32,36H,14-21,23-24H2,1-6H3. The molecule has 3 rings (SSSR count). The molecule has 1 N–H and O–H groups in total. The Balaban J connectivity index is 1.64. The lowest BCUT2D eigenvalue weighted by Gasteiger charge is -2.44. The number of phenolic OH excluding ortho intramolecular Hbond substituents is 1. The van der Waals surface area contributed by atoms with Crippen LogP contribution in [-0.4, -0.2) is 98.3 Å². The molecular formula is C33H50N2O5S. The van der Waals surface area contributed by atoms with E-state index in [4.69, 9.17) is 14.2 Å². The number of benzene rings is 2. The summed E-state index contributed by atoms with van der Waals surface area (Å²) in [7, 11) is 3.17. The van der Waals surface area contributed by atoms with Crippen LogP contribution in [0.3, 0.4) is 0 Å². The van der Waals surface area contributed by atoms with E-state index >= 15 is 0 Å². The lowest BCUT2D eigenvalue weighted by atomic mass is 9.67. The lowest BCUT2D eigenvalue weighted by Crippen LogP contribution is -2.46. The van der Waals surface area contributed by atoms with Crippen molar-refractivity contribution in [2.24, 2.45) is 0 Å². The third kappa shape index (κ3) is 8.94. The Morgan fingerprint density at radius 1 is 1.05 bits per heavy atom. The van der Waals surface area contributed by atoms with Crippen LogP contribution in [-0.2, 0) is 30.8 Å². The molecule has 41 heavy (non-hydrogen) atoms. The molecule has 0 bridgehead atoms. The Labute approximate surface area is 251 Å². The predicted molar refractivity (Wildman–Crippen MR) is 168 cm³/mol. The van der Waals surface area contributed by atoms with Crippen molar-refractivity contribution in [1.29, 1.82) is 0 Å². The second kappa shape index (κ2) is 16.5. The fourth-order valence-electron chi connectivity index (χ4n) is 5.87. The molecule has 1 aliphatic heterocycles. The van der Waals surface area contributed by atoms with Crippen LogP contribution in [0.1, 0.15) is 56.7 Å². The van der Waals surface area contributed by atoms with Crippen molar-refractivity contribution in [2.75, 3.05) is 59.1 Å². The van der Waals surface area contributed by atoms with Gasteiger partial charge in [0, 0.05) is 43.0 Å². The van der Waals surface area contributed by atoms with Crippen molar-refractivity contribution in [2.45, 2.75) is 70.2 Å². The minimum atomic E-state index is -0.454. The van der Waals surface area contributed by atoms with Gasteiger partial charge in [-0.15, -0.1) is 0 Å². The van der Waals surface area contributed by atoms with Crippen LogP contribution in [0.4, 0.5) is 0 Å². The summed E-state index contributed by atoms with van der Waals surface area (Å²) in [4.78, 5) is 17.4. The number of carbonyl (C=O) groups excluding carboxylic acids is 1. The molecular weight excluding hydrogens is 536 g/mol. The van der Waals surface area contributed by atoms with E-state index < -0.39 is 6.29 Å². The third-order valence-electron chi connectivity index (χ3n) is 8.41. The first kappa shape index (κ1) is 33.4. The molecule has 1 unspecified atom stereocenters. The molecule has 1 fully saturated rings. The Kier molecular flexibility index (Phi) is 13.5. The van der Waals surface area contributed by atoms with Gasteiger partial charge in [0.25, 0.3) is 0 Å². The number of rotatable bonds is 16. The smallest absolute Gasteiger partial charge is 0.225 e. The molecule has 1 saturated heterocycles. The summed E-state index contributed by atoms with van der Waals surface area (Å²) in [5, 5.41) is 11.1. The summed E-state index contributed by atoms with van der Waals surface area (Å²) in [6.07, 6.45) is 4.53. The highest BCUT2D eigenvalue weighted by atomic mass is 32.2. The molecule has 1 amide bonds. The third-order valence-corrected chi connectivity index (χ3v) is 9.23. The first-order chi connectivity index (χ1) is 19.7. The molecule has 0 spiro atoms. The summed E-state index contributed by atoms with van der Waals surface area (Å²) >= 11 is 1.71. The highest BCUT2D eigenvalue weighted by Crippen LogP contribution is 2.45. The zero-order chi connectivity index (χ0) is 29.8. The molecule has 0 saturated carbocycles. The van der Waals surface area contributed by atoms with Crippen LogP contribution in [0.15, 0.2) is 48.5 Å². The second-order valence-corrected chi connectivity index (χ2v) is 12.2. The van der Waals surface area contributed by atoms with Crippen LogP contribution in [0.5, 0.6) is 5.75 Å². The average molecular weight is 587 g/mol. The van der Waals surface area contributed by atoms with Gasteiger partial charge in [0.15, 0.2) is 6.29 Å². The number of nitrogens with zero attached hydrogens (tertiary/aromatic N) is 2. The van der Waals surface area contributed by atoms with Crippen LogP contribution in [0, 0.1) is 0 Å². The Hall–Kier alpha value is -2.10. The van der Waals surface area contributed by atoms with E-state index in [0.29, 0.717) is 44.4 Å². The number of methoxy groups -OCH3 is 2. The number of likely N-dealkylation sites (tertiary alicyclic amines) is 1. The van der Waals surface area contributed by atoms with Crippen molar-refractivity contribution in [1.82, 2.24) is 9.80 Å². The van der Waals surface area contributed by atoms with Gasteiger partial charge in [0.05, 0.1) is 26.2 Å². The van der Waals surface area contributed by atoms with Crippen molar-refractivity contribution < 1.29 is 24.1 Å². The number of aromatic hydroxyl groups is 1. The van der Waals surface area contributed by atoms with Gasteiger partial charge in [-0.05, 0) is 76.6 Å². The van der Waals surface area contributed by atoms with Gasteiger partial charge >= 0.3 is 0 Å². The maximum atomic E-state index is 13.0. The largest absolute Gasteiger partial charge is 0.508 e. The van der Waals surface area contributed by atoms with E-state index in [1.165, 1.54) is 5.56 Å². The first-order valence-electron chi connectivity index (χ1n) is 14.8. The number of hydrogen-bond donors (Lipinski definition) is 1. The van der Waals surface area contributed by atoms with Gasteiger partial charge in [-0.1, -0.05) is 42.5 Å². The average Bonchev–Trinajstić information content (AvgIpc) is 2.98. The minimum absolute atomic E-state index is 0.0371. The Morgan fingerprint density at radius 3 is 2.34 bits per heavy atom. The van der Waals surface area contributed by atoms with Gasteiger partial charge in [0.2, 0.25) is 5.91 Å². The lowest BCUT2D eigenvalue weighted by molar-refractivity contribution is -0.149. The van der Waals surface area contributed by atoms with E-state index in [0.717, 1.165) is 42.8 Å². The topological polar surface area (TPSA) is 71.5 Å². The number of piperidine rings is 1. The van der Waals surface area contributed by atoms with Gasteiger partial charge in [-0.25, -0.2) is 0 Å². The van der Waals surface area contributed by atoms with Crippen molar-refractivity contribution in [3.05, 3.63) is 65.2 Å². The molecule has 1 aliphatic rings. The Bertz CT molecular complexity index is 1050. The summed E-state index contributed by atoms with van der Waals surface area (Å²) in [6, 6.07) is 17.2. The van der Waals surface area contributed by atoms with Crippen LogP contribution in [0.25, 0.3) is 0 Å². The molecule has 0 aliphatic carbocycles. The monoisotopic (exact) mass is 586 g/mol. The van der Waals surface area contributed by atoms with Crippen LogP contribution < -0.4 is 0 Å². The number of amides is 1. The van der Waals surface area contributed by atoms with E-state index in [2.05, 4.69) is 62.1 Å². The van der Waals surface area contributed by atoms with E-state index in [1.807, 2.05) is 23.3 Å². The summed E-state index contributed by atoms with van der Waals surface area (Å²) < 4.78 is 16.6. The molecule has 7 nitrogen and oxygen atoms in total. The summed E-state index contributed by atoms with van der Waals surface area (Å²) in [5.41, 5.74) is 3.17. The maximum Gasteiger partial charge on any atom is 0.225 e. The fourth-order valence-corrected chi connectivity index (χ4v) is 6.54. The normalized spacial score (nSPS) is 16.3. The van der Waals surface area contributed by atoms with Gasteiger partial charge in [0.1, 0.15) is 5.75 Å². The van der Waals surface area contributed by atoms with E-state index in [-0.39, 0.29) is 17.4 Å². The maximum absolute atomic E-state index is 13.0. The SMILES string of the molecule is COC(CN(C(=O)CCOCCc1ccc(O)c(C2(c3ccccc3)CCN(C(C)C)CC2)c1)C(C)CSC)OC. The van der Waals surface area contributed by atoms with E-state index in [9.17, 15) is 9.90 Å². The van der Waals surface area contributed by atoms with E-state index in [1.54, 1.807) is 26.0 Å². The molecule has 1 heterocycles. The number of carbonyl (C=O) groups is 1. The van der Waals surface area contributed by atoms with Crippen LogP contribution in [0.2, 0.25) is 0 Å². The Morgan fingerprint density at radius 2 is 1.73 bits per heavy atom. The molecule has 1 atom stereocenters. The molecule has 0 radical (unpaired) electrons. The minimum Gasteiger partial charge on any atom is -0.508 e. The second-order valence-electron chi connectivity index (χ2n) is 11.3. The fraction of sp³-hybridized carbons (Fsp3) is 0.606. The first-order valence-corrected chi connectivity index (χ1v) is 16.2. The number of phenols is 1. The van der Waals surface area contributed by atoms with Crippen LogP contribution >= 0.6 is 11.8 Å². The number of hydrogen-bond acceptors (Lipinski definition) is 7. The van der Waals surface area contributed by atoms with Crippen molar-refractivity contribution in [3.63, 3.8) is 0 Å². The number of thioether (sulfide) groups is 1. The van der Waals surface area contributed by atoms with Crippen molar-refractivity contribution in [3.8, 4) is 5.75 Å². The highest BCUT2D eigenvalue weighted by Gasteiger charge is 2.40. The quantitative estimate of drug-likeness (QED) is 0.211. The summed E-state index contributed by atoms with van der Waals surface area (Å²) in [6.45, 7) is 9.80. The van der Waals surface area contributed by atoms with Gasteiger partial charge < -0.3 is 29.1 Å². The molecule has 0 aromatic heterocycles. The van der Waals surface area contributed by atoms with Gasteiger partial charge in [-0.2, -0.15) is 11.8 Å². The molecule has 8 heteroatoms.